The van der Waals surface area contributed by atoms with Crippen LogP contribution in [-0.4, -0.2) is 44.4 Å². The summed E-state index contributed by atoms with van der Waals surface area (Å²) in [6.45, 7) is 1.32. The number of nitrogens with two attached hydrogens (primary N) is 1. The summed E-state index contributed by atoms with van der Waals surface area (Å²) in [5, 5.41) is 3.03. The molecular weight excluding hydrogens is 509 g/mol. The zero-order valence-electron chi connectivity index (χ0n) is 21.4. The molecule has 4 aromatic rings. The topological polar surface area (TPSA) is 89.7 Å². The number of carbonyl (C=O) groups is 1. The number of hydrogen-bond donors (Lipinski definition) is 2. The Kier molecular flexibility index (Phi) is 7.30. The molecule has 1 aliphatic heterocycles. The SMILES string of the molecule is COC(=O)Nc1c(F)cc(F)cc1-c1ccc2ncc(-c3cc(F)cc(OC)c3)c(N3CCC(N)CC3)c2c1. The third-order valence-corrected chi connectivity index (χ3v) is 6.89. The minimum absolute atomic E-state index is 0.0739. The van der Waals surface area contributed by atoms with Gasteiger partial charge in [-0.2, -0.15) is 0 Å². The van der Waals surface area contributed by atoms with Crippen molar-refractivity contribution in [2.24, 2.45) is 5.73 Å². The number of nitrogens with zero attached hydrogens (tertiary/aromatic N) is 2. The number of nitrogens with one attached hydrogen (secondary N) is 1. The Balaban J connectivity index is 1.75. The molecule has 1 saturated heterocycles. The van der Waals surface area contributed by atoms with E-state index in [1.165, 1.54) is 19.2 Å². The van der Waals surface area contributed by atoms with Crippen molar-refractivity contribution in [3.63, 3.8) is 0 Å². The maximum absolute atomic E-state index is 14.8. The second kappa shape index (κ2) is 10.8. The predicted molar refractivity (Wildman–Crippen MR) is 144 cm³/mol. The van der Waals surface area contributed by atoms with Gasteiger partial charge in [-0.1, -0.05) is 6.07 Å². The fraction of sp³-hybridized carbons (Fsp3) is 0.241. The van der Waals surface area contributed by atoms with Crippen LogP contribution in [0, 0.1) is 17.5 Å². The molecular formula is C29H27F3N4O3. The second-order valence-electron chi connectivity index (χ2n) is 9.38. The number of rotatable bonds is 5. The largest absolute Gasteiger partial charge is 0.497 e. The first-order valence-electron chi connectivity index (χ1n) is 12.4. The lowest BCUT2D eigenvalue weighted by molar-refractivity contribution is 0.187. The van der Waals surface area contributed by atoms with Gasteiger partial charge in [-0.25, -0.2) is 18.0 Å². The van der Waals surface area contributed by atoms with Crippen molar-refractivity contribution in [2.75, 3.05) is 37.5 Å². The summed E-state index contributed by atoms with van der Waals surface area (Å²) in [5.74, 6) is -1.85. The monoisotopic (exact) mass is 536 g/mol. The van der Waals surface area contributed by atoms with E-state index >= 15 is 0 Å². The van der Waals surface area contributed by atoms with Crippen LogP contribution in [0.3, 0.4) is 0 Å². The first-order valence-corrected chi connectivity index (χ1v) is 12.4. The molecule has 0 spiro atoms. The highest BCUT2D eigenvalue weighted by Gasteiger charge is 2.24. The third kappa shape index (κ3) is 5.33. The van der Waals surface area contributed by atoms with Crippen LogP contribution < -0.4 is 20.7 Å². The van der Waals surface area contributed by atoms with Crippen molar-refractivity contribution in [3.8, 4) is 28.0 Å². The van der Waals surface area contributed by atoms with Crippen molar-refractivity contribution in [3.05, 3.63) is 72.2 Å². The van der Waals surface area contributed by atoms with E-state index in [0.717, 1.165) is 31.7 Å². The quantitative estimate of drug-likeness (QED) is 0.320. The molecule has 3 aromatic carbocycles. The van der Waals surface area contributed by atoms with Crippen molar-refractivity contribution >= 4 is 28.4 Å². The van der Waals surface area contributed by atoms with Crippen LogP contribution in [0.4, 0.5) is 29.3 Å². The standard InChI is InChI=1S/C29H27F3N4O3/c1-38-21-10-17(9-18(30)12-21)24-15-34-26-4-3-16(11-23(26)28(24)36-7-5-20(33)6-8-36)22-13-19(31)14-25(32)27(22)35-29(37)39-2/h3-4,9-15,20H,5-8,33H2,1-2H3,(H,35,37). The van der Waals surface area contributed by atoms with E-state index in [1.807, 2.05) is 0 Å². The highest BCUT2D eigenvalue weighted by atomic mass is 19.1. The number of carbonyl (C=O) groups excluding carboxylic acids is 1. The van der Waals surface area contributed by atoms with Crippen LogP contribution in [0.5, 0.6) is 5.75 Å². The van der Waals surface area contributed by atoms with Gasteiger partial charge in [0.25, 0.3) is 0 Å². The van der Waals surface area contributed by atoms with Gasteiger partial charge in [-0.3, -0.25) is 10.3 Å². The molecule has 3 N–H and O–H groups in total. The van der Waals surface area contributed by atoms with Gasteiger partial charge in [0.05, 0.1) is 31.1 Å². The van der Waals surface area contributed by atoms with E-state index in [0.29, 0.717) is 52.5 Å². The molecule has 0 saturated carbocycles. The van der Waals surface area contributed by atoms with Crippen molar-refractivity contribution in [2.45, 2.75) is 18.9 Å². The Bertz CT molecular complexity index is 1560. The summed E-state index contributed by atoms with van der Waals surface area (Å²) in [6, 6.07) is 11.5. The molecule has 39 heavy (non-hydrogen) atoms. The smallest absolute Gasteiger partial charge is 0.411 e. The molecule has 202 valence electrons. The number of benzene rings is 3. The van der Waals surface area contributed by atoms with Gasteiger partial charge in [0.2, 0.25) is 0 Å². The first-order chi connectivity index (χ1) is 18.8. The van der Waals surface area contributed by atoms with Crippen LogP contribution in [0.15, 0.2) is 54.7 Å². The Morgan fingerprint density at radius 1 is 0.974 bits per heavy atom. The number of aromatic nitrogens is 1. The summed E-state index contributed by atoms with van der Waals surface area (Å²) in [5.41, 5.74) is 9.20. The average Bonchev–Trinajstić information content (AvgIpc) is 2.93. The average molecular weight is 537 g/mol. The molecule has 2 heterocycles. The first kappa shape index (κ1) is 26.3. The van der Waals surface area contributed by atoms with Gasteiger partial charge in [-0.15, -0.1) is 0 Å². The molecule has 1 aromatic heterocycles. The van der Waals surface area contributed by atoms with Gasteiger partial charge < -0.3 is 20.1 Å². The zero-order valence-corrected chi connectivity index (χ0v) is 21.4. The number of halogens is 3. The predicted octanol–water partition coefficient (Wildman–Crippen LogP) is 6.10. The van der Waals surface area contributed by atoms with Crippen molar-refractivity contribution in [1.29, 1.82) is 0 Å². The molecule has 1 aliphatic rings. The number of pyridine rings is 1. The summed E-state index contributed by atoms with van der Waals surface area (Å²) >= 11 is 0. The minimum atomic E-state index is -0.945. The third-order valence-electron chi connectivity index (χ3n) is 6.89. The highest BCUT2D eigenvalue weighted by Crippen LogP contribution is 2.41. The Labute approximate surface area is 223 Å². The Morgan fingerprint density at radius 2 is 1.72 bits per heavy atom. The van der Waals surface area contributed by atoms with Crippen LogP contribution in [0.25, 0.3) is 33.2 Å². The molecule has 7 nitrogen and oxygen atoms in total. The fourth-order valence-electron chi connectivity index (χ4n) is 4.94. The lowest BCUT2D eigenvalue weighted by Gasteiger charge is -2.34. The Hall–Kier alpha value is -4.31. The van der Waals surface area contributed by atoms with Gasteiger partial charge in [0, 0.05) is 54.0 Å². The summed E-state index contributed by atoms with van der Waals surface area (Å²) in [4.78, 5) is 18.7. The maximum Gasteiger partial charge on any atom is 0.411 e. The van der Waals surface area contributed by atoms with Gasteiger partial charge >= 0.3 is 6.09 Å². The molecule has 0 unspecified atom stereocenters. The summed E-state index contributed by atoms with van der Waals surface area (Å²) in [6.07, 6.45) is 2.32. The van der Waals surface area contributed by atoms with E-state index in [2.05, 4.69) is 19.9 Å². The maximum atomic E-state index is 14.8. The fourth-order valence-corrected chi connectivity index (χ4v) is 4.94. The Morgan fingerprint density at radius 3 is 2.44 bits per heavy atom. The molecule has 10 heteroatoms. The number of anilines is 2. The number of ether oxygens (including phenoxy) is 2. The number of hydrogen-bond acceptors (Lipinski definition) is 6. The molecule has 0 aliphatic carbocycles. The minimum Gasteiger partial charge on any atom is -0.497 e. The molecule has 1 fully saturated rings. The molecule has 0 bridgehead atoms. The molecule has 5 rings (SSSR count). The van der Waals surface area contributed by atoms with Crippen LogP contribution in [0.1, 0.15) is 12.8 Å². The van der Waals surface area contributed by atoms with Gasteiger partial charge in [0.15, 0.2) is 0 Å². The zero-order chi connectivity index (χ0) is 27.7. The lowest BCUT2D eigenvalue weighted by Crippen LogP contribution is -2.40. The number of methoxy groups -OCH3 is 2. The lowest BCUT2D eigenvalue weighted by atomic mass is 9.95. The van der Waals surface area contributed by atoms with Gasteiger partial charge in [0.1, 0.15) is 23.2 Å². The van der Waals surface area contributed by atoms with E-state index in [4.69, 9.17) is 10.5 Å². The van der Waals surface area contributed by atoms with Crippen LogP contribution in [0.2, 0.25) is 0 Å². The van der Waals surface area contributed by atoms with Crippen molar-refractivity contribution < 1.29 is 27.4 Å². The van der Waals surface area contributed by atoms with E-state index in [1.54, 1.807) is 30.5 Å². The summed E-state index contributed by atoms with van der Waals surface area (Å²) in [7, 11) is 2.62. The number of fused-ring (bicyclic) bond motifs is 1. The summed E-state index contributed by atoms with van der Waals surface area (Å²) < 4.78 is 53.6. The van der Waals surface area contributed by atoms with Crippen LogP contribution >= 0.6 is 0 Å². The molecule has 0 atom stereocenters. The second-order valence-corrected chi connectivity index (χ2v) is 9.38. The van der Waals surface area contributed by atoms with E-state index < -0.39 is 23.5 Å². The number of piperidine rings is 1. The molecule has 0 radical (unpaired) electrons. The highest BCUT2D eigenvalue weighted by molar-refractivity contribution is 6.03. The normalized spacial score (nSPS) is 13.9. The van der Waals surface area contributed by atoms with Crippen molar-refractivity contribution in [1.82, 2.24) is 4.98 Å². The van der Waals surface area contributed by atoms with E-state index in [9.17, 15) is 18.0 Å². The van der Waals surface area contributed by atoms with Gasteiger partial charge in [-0.05, 0) is 54.3 Å². The van der Waals surface area contributed by atoms with E-state index in [-0.39, 0.29) is 17.3 Å². The molecule has 1 amide bonds. The van der Waals surface area contributed by atoms with Crippen LogP contribution in [-0.2, 0) is 4.74 Å². The number of amides is 1.